The lowest BCUT2D eigenvalue weighted by molar-refractivity contribution is -0.856. The van der Waals surface area contributed by atoms with E-state index in [9.17, 15) is 4.79 Å². The van der Waals surface area contributed by atoms with E-state index < -0.39 is 79.3 Å². The predicted molar refractivity (Wildman–Crippen MR) is 152 cm³/mol. The average molecular weight is 912 g/mol. The van der Waals surface area contributed by atoms with Crippen LogP contribution in [-0.2, 0) is 11.2 Å². The number of hydrogen-bond donors (Lipinski definition) is 2. The number of aromatic nitrogens is 2. The molecular weight excluding hydrogens is 876 g/mol. The molecule has 372 valence electrons. The number of nitrogens with zero attached hydrogens (tertiary/aromatic N) is 2. The molecule has 0 aliphatic heterocycles. The van der Waals surface area contributed by atoms with Crippen LogP contribution >= 0.6 is 0 Å². The molecule has 35 nitrogen and oxygen atoms in total. The predicted octanol–water partition coefficient (Wildman–Crippen LogP) is -36.5. The molecule has 1 aromatic heterocycles. The number of hydrogen-bond acceptors (Lipinski definition) is 33. The second-order valence-corrected chi connectivity index (χ2v) is 9.47. The van der Waals surface area contributed by atoms with Crippen LogP contribution in [0.4, 0.5) is 0 Å². The average Bonchev–Trinajstić information content (AvgIpc) is 3.55. The first-order valence-electron chi connectivity index (χ1n) is 16.3. The first-order valence-corrected chi connectivity index (χ1v) is 16.3. The topological polar surface area (TPSA) is 764 Å². The van der Waals surface area contributed by atoms with Crippen molar-refractivity contribution in [2.75, 3.05) is 19.6 Å². The van der Waals surface area contributed by atoms with Gasteiger partial charge < -0.3 is 161 Å². The van der Waals surface area contributed by atoms with Crippen LogP contribution in [0.1, 0.15) is 65.0 Å². The minimum atomic E-state index is -2.92. The standard InChI is InChI=1S/C18H35N4O.10BO3/c1-4-7-10-22(11-8-5-2,12-9-6-3)18(23)17(19)13-16-14-20-15-21-16;10*2-1(3)4/h14-15,17H,4-13,19H2,1-3H3,(H,20,21);;;;;;;;;;/q+1;10*-3/t17-;;;;;;;;;;/m0........../s1. The molecule has 0 radical (unpaired) electrons. The monoisotopic (exact) mass is 913 g/mol. The number of rotatable bonds is 12. The van der Waals surface area contributed by atoms with Crippen molar-refractivity contribution in [2.45, 2.75) is 71.8 Å². The summed E-state index contributed by atoms with van der Waals surface area (Å²) in [7, 11) is -29.2. The Morgan fingerprint density at radius 1 is 0.476 bits per heavy atom. The van der Waals surface area contributed by atoms with Gasteiger partial charge >= 0.3 is 5.91 Å². The van der Waals surface area contributed by atoms with Crippen LogP contribution in [0.3, 0.4) is 0 Å². The van der Waals surface area contributed by atoms with Crippen LogP contribution in [-0.4, -0.2) is 119 Å². The number of aromatic amines is 1. The number of unbranched alkanes of at least 4 members (excludes halogenated alkanes) is 3. The van der Waals surface area contributed by atoms with Crippen molar-refractivity contribution >= 4 is 79.1 Å². The summed E-state index contributed by atoms with van der Waals surface area (Å²) in [6.07, 6.45) is 10.6. The van der Waals surface area contributed by atoms with Crippen molar-refractivity contribution < 1.29 is 160 Å². The van der Waals surface area contributed by atoms with Gasteiger partial charge in [-0.1, -0.05) is 40.0 Å². The van der Waals surface area contributed by atoms with Crippen LogP contribution in [0.5, 0.6) is 0 Å². The Morgan fingerprint density at radius 3 is 0.810 bits per heavy atom. The van der Waals surface area contributed by atoms with E-state index in [0.29, 0.717) is 10.9 Å². The molecule has 1 atom stereocenters. The summed E-state index contributed by atoms with van der Waals surface area (Å²) >= 11 is 0. The molecule has 0 aliphatic rings. The number of carbonyl (C=O) groups is 1. The zero-order valence-corrected chi connectivity index (χ0v) is 33.2. The molecule has 0 fully saturated rings. The molecule has 3 N–H and O–H groups in total. The van der Waals surface area contributed by atoms with Gasteiger partial charge in [0, 0.05) is 12.6 Å². The van der Waals surface area contributed by atoms with Gasteiger partial charge in [0.05, 0.1) is 31.7 Å². The molecule has 45 heteroatoms. The van der Waals surface area contributed by atoms with E-state index in [4.69, 9.17) is 156 Å². The van der Waals surface area contributed by atoms with Crippen molar-refractivity contribution in [3.8, 4) is 0 Å². The number of carbonyl (C=O) groups excluding carboxylic acids is 1. The van der Waals surface area contributed by atoms with Gasteiger partial charge in [0.25, 0.3) is 0 Å². The molecule has 1 aromatic rings. The van der Waals surface area contributed by atoms with Crippen LogP contribution in [0.2, 0.25) is 0 Å². The van der Waals surface area contributed by atoms with E-state index in [1.165, 1.54) is 0 Å². The number of imidazole rings is 1. The Bertz CT molecular complexity index is 781. The van der Waals surface area contributed by atoms with Gasteiger partial charge in [-0.15, -0.1) is 0 Å². The maximum absolute atomic E-state index is 13.2. The summed E-state index contributed by atoms with van der Waals surface area (Å²) < 4.78 is 0.557. The van der Waals surface area contributed by atoms with Crippen molar-refractivity contribution in [3.05, 3.63) is 18.2 Å². The minimum Gasteiger partial charge on any atom is -0.907 e. The zero-order valence-electron chi connectivity index (χ0n) is 33.2. The summed E-state index contributed by atoms with van der Waals surface area (Å²) in [5.74, 6) is 0.198. The normalized spacial score (nSPS) is 9.11. The summed E-state index contributed by atoms with van der Waals surface area (Å²) in [5, 5.41) is 252. The van der Waals surface area contributed by atoms with E-state index >= 15 is 0 Å². The lowest BCUT2D eigenvalue weighted by Crippen LogP contribution is -2.60. The van der Waals surface area contributed by atoms with Gasteiger partial charge in [-0.25, -0.2) is 9.78 Å². The molecule has 1 rings (SSSR count). The molecule has 0 aromatic carbocycles. The highest BCUT2D eigenvalue weighted by Gasteiger charge is 2.38. The summed E-state index contributed by atoms with van der Waals surface area (Å²) in [6, 6.07) is -0.469. The van der Waals surface area contributed by atoms with Gasteiger partial charge in [-0.3, -0.25) is 77.7 Å². The van der Waals surface area contributed by atoms with Gasteiger partial charge in [-0.05, 0) is 19.3 Å². The third-order valence-corrected chi connectivity index (χ3v) is 4.59. The molecule has 0 bridgehead atoms. The molecule has 0 unspecified atom stereocenters. The largest absolute Gasteiger partial charge is 0.907 e. The summed E-state index contributed by atoms with van der Waals surface area (Å²) in [6.45, 7) is 9.31. The summed E-state index contributed by atoms with van der Waals surface area (Å²) in [4.78, 5) is 20.4. The van der Waals surface area contributed by atoms with E-state index in [0.717, 1.165) is 63.9 Å². The van der Waals surface area contributed by atoms with Crippen LogP contribution in [0.25, 0.3) is 0 Å². The molecule has 0 aliphatic carbocycles. The molecule has 0 saturated heterocycles. The third kappa shape index (κ3) is 174. The fraction of sp³-hybridized carbons (Fsp3) is 0.778. The van der Waals surface area contributed by atoms with Crippen molar-refractivity contribution in [2.24, 2.45) is 5.73 Å². The molecule has 1 amide bonds. The lowest BCUT2D eigenvalue weighted by Gasteiger charge is -2.38. The van der Waals surface area contributed by atoms with E-state index in [-0.39, 0.29) is 5.91 Å². The quantitative estimate of drug-likeness (QED) is 0.145. The first kappa shape index (κ1) is 84.7. The molecule has 1 heterocycles. The molecule has 0 spiro atoms. The Kier molecular flexibility index (Phi) is 86.7. The Morgan fingerprint density at radius 2 is 0.667 bits per heavy atom. The smallest absolute Gasteiger partial charge is 0.330 e. The maximum Gasteiger partial charge on any atom is 0.330 e. The fourth-order valence-corrected chi connectivity index (χ4v) is 3.12. The van der Waals surface area contributed by atoms with E-state index in [1.54, 1.807) is 6.33 Å². The number of nitrogens with one attached hydrogen (secondary N) is 1. The highest BCUT2D eigenvalue weighted by atomic mass is 16.6. The SMILES string of the molecule is CCCC[N+](CCCC)(CCCC)C(=O)[C@@H](N)Cc1c[nH]cn1.[O-]B([O-])[O-].[O-]B([O-])[O-].[O-]B([O-])[O-].[O-]B([O-])[O-].[O-]B([O-])[O-].[O-]B([O-])[O-].[O-]B([O-])[O-].[O-]B([O-])[O-].[O-]B([O-])[O-].[O-]B([O-])[O-]. The Labute approximate surface area is 364 Å². The van der Waals surface area contributed by atoms with Crippen LogP contribution in [0, 0.1) is 0 Å². The molecule has 63 heavy (non-hydrogen) atoms. The van der Waals surface area contributed by atoms with Gasteiger partial charge in [0.1, 0.15) is 6.04 Å². The van der Waals surface area contributed by atoms with Crippen molar-refractivity contribution in [3.63, 3.8) is 0 Å². The van der Waals surface area contributed by atoms with Crippen LogP contribution in [0.15, 0.2) is 12.5 Å². The third-order valence-electron chi connectivity index (χ3n) is 4.59. The van der Waals surface area contributed by atoms with Crippen molar-refractivity contribution in [1.82, 2.24) is 9.97 Å². The maximum atomic E-state index is 13.2. The number of quaternary nitrogens is 1. The van der Waals surface area contributed by atoms with E-state index in [2.05, 4.69) is 30.7 Å². The van der Waals surface area contributed by atoms with Crippen molar-refractivity contribution in [1.29, 1.82) is 0 Å². The van der Waals surface area contributed by atoms with Gasteiger partial charge in [0.2, 0.25) is 0 Å². The Hall–Kier alpha value is -1.75. The second-order valence-electron chi connectivity index (χ2n) is 9.47. The van der Waals surface area contributed by atoms with Crippen LogP contribution < -0.4 is 156 Å². The van der Waals surface area contributed by atoms with E-state index in [1.807, 2.05) is 6.20 Å². The number of nitrogens with two attached hydrogens (primary N) is 1. The highest BCUT2D eigenvalue weighted by Crippen LogP contribution is 2.18. The lowest BCUT2D eigenvalue weighted by atomic mass is 10.1. The number of amides is 1. The fourth-order valence-electron chi connectivity index (χ4n) is 3.12. The first-order chi connectivity index (χ1) is 28.4. The minimum absolute atomic E-state index is 0.198. The second kappa shape index (κ2) is 64.5. The molecular formula is C18H35B10N4O31-29. The number of H-pyrrole nitrogens is 1. The van der Waals surface area contributed by atoms with Gasteiger partial charge in [-0.2, -0.15) is 0 Å². The Balaban J connectivity index is -0.0000000718. The van der Waals surface area contributed by atoms with Gasteiger partial charge in [0.15, 0.2) is 0 Å². The summed E-state index contributed by atoms with van der Waals surface area (Å²) in [5.41, 5.74) is 7.16. The highest BCUT2D eigenvalue weighted by molar-refractivity contribution is 6.25. The molecule has 0 saturated carbocycles. The zero-order chi connectivity index (χ0) is 52.9.